The average Bonchev–Trinajstić information content (AvgIpc) is 3.42. The maximum atomic E-state index is 12.8. The van der Waals surface area contributed by atoms with E-state index in [4.69, 9.17) is 9.88 Å². The van der Waals surface area contributed by atoms with Crippen molar-refractivity contribution in [2.75, 3.05) is 11.9 Å². The van der Waals surface area contributed by atoms with E-state index in [9.17, 15) is 18.0 Å². The number of carbonyl (C=O) groups is 1. The van der Waals surface area contributed by atoms with Crippen LogP contribution in [0.25, 0.3) is 22.4 Å². The van der Waals surface area contributed by atoms with Crippen LogP contribution >= 0.6 is 11.3 Å². The van der Waals surface area contributed by atoms with Crippen LogP contribution in [0.2, 0.25) is 0 Å². The lowest BCUT2D eigenvalue weighted by Gasteiger charge is -2.08. The van der Waals surface area contributed by atoms with E-state index in [-0.39, 0.29) is 17.1 Å². The molecule has 3 heterocycles. The molecule has 0 aliphatic heterocycles. The molecule has 0 spiro atoms. The highest BCUT2D eigenvalue weighted by molar-refractivity contribution is 7.89. The summed E-state index contributed by atoms with van der Waals surface area (Å²) >= 11 is 1.22. The second kappa shape index (κ2) is 9.89. The van der Waals surface area contributed by atoms with Gasteiger partial charge in [0.1, 0.15) is 5.75 Å². The minimum absolute atomic E-state index is 0.0555. The van der Waals surface area contributed by atoms with E-state index in [1.165, 1.54) is 40.1 Å². The first-order valence-corrected chi connectivity index (χ1v) is 13.1. The Morgan fingerprint density at radius 1 is 1.11 bits per heavy atom. The van der Waals surface area contributed by atoms with Crippen LogP contribution in [0.1, 0.15) is 5.56 Å². The van der Waals surface area contributed by atoms with Crippen molar-refractivity contribution in [3.63, 3.8) is 0 Å². The topological polar surface area (TPSA) is 159 Å². The molecule has 0 saturated carbocycles. The molecule has 3 N–H and O–H groups in total. The van der Waals surface area contributed by atoms with Crippen LogP contribution < -0.4 is 25.3 Å². The summed E-state index contributed by atoms with van der Waals surface area (Å²) in [6.07, 6.45) is 4.97. The van der Waals surface area contributed by atoms with Gasteiger partial charge in [0.05, 0.1) is 9.43 Å². The molecule has 1 amide bonds. The number of ether oxygens (including phenoxy) is 1. The van der Waals surface area contributed by atoms with Crippen LogP contribution in [0.15, 0.2) is 82.7 Å². The Kier molecular flexibility index (Phi) is 6.48. The predicted octanol–water partition coefficient (Wildman–Crippen LogP) is 1.43. The summed E-state index contributed by atoms with van der Waals surface area (Å²) < 4.78 is 30.0. The summed E-state index contributed by atoms with van der Waals surface area (Å²) in [7, 11) is -3.81. The Balaban J connectivity index is 1.27. The maximum Gasteiger partial charge on any atom is 0.291 e. The molecule has 2 aromatic carbocycles. The molecule has 0 aliphatic carbocycles. The van der Waals surface area contributed by atoms with E-state index >= 15 is 0 Å². The molecule has 5 aromatic rings. The molecule has 0 radical (unpaired) electrons. The number of nitrogens with one attached hydrogen (secondary N) is 1. The Bertz CT molecular complexity index is 1820. The molecule has 0 unspecified atom stereocenters. The smallest absolute Gasteiger partial charge is 0.291 e. The Hall–Kier alpha value is -4.46. The zero-order chi connectivity index (χ0) is 26.0. The van der Waals surface area contributed by atoms with Gasteiger partial charge in [-0.15, -0.1) is 5.10 Å². The highest BCUT2D eigenvalue weighted by Crippen LogP contribution is 2.17. The number of rotatable bonds is 7. The van der Waals surface area contributed by atoms with Crippen LogP contribution in [-0.4, -0.2) is 40.5 Å². The molecule has 0 bridgehead atoms. The lowest BCUT2D eigenvalue weighted by molar-refractivity contribution is -0.118. The number of aromatic nitrogens is 4. The molecular formula is C24H18N6O5S2. The third-order valence-corrected chi connectivity index (χ3v) is 7.00. The summed E-state index contributed by atoms with van der Waals surface area (Å²) in [4.78, 5) is 33.9. The maximum absolute atomic E-state index is 12.8. The minimum atomic E-state index is -3.81. The fraction of sp³-hybridized carbons (Fsp3) is 0.0417. The number of sulfonamides is 1. The van der Waals surface area contributed by atoms with Gasteiger partial charge in [-0.25, -0.2) is 13.6 Å². The van der Waals surface area contributed by atoms with Crippen LogP contribution in [0.3, 0.4) is 0 Å². The van der Waals surface area contributed by atoms with Gasteiger partial charge in [0.15, 0.2) is 12.4 Å². The zero-order valence-electron chi connectivity index (χ0n) is 18.9. The van der Waals surface area contributed by atoms with Gasteiger partial charge in [-0.2, -0.15) is 9.50 Å². The highest BCUT2D eigenvalue weighted by Gasteiger charge is 2.12. The van der Waals surface area contributed by atoms with E-state index in [0.717, 1.165) is 5.56 Å². The molecule has 11 nitrogen and oxygen atoms in total. The van der Waals surface area contributed by atoms with Crippen molar-refractivity contribution >= 4 is 44.0 Å². The first-order chi connectivity index (χ1) is 17.8. The number of fused-ring (bicyclic) bond motifs is 1. The van der Waals surface area contributed by atoms with Crippen LogP contribution in [0.5, 0.6) is 5.75 Å². The highest BCUT2D eigenvalue weighted by atomic mass is 32.2. The number of hydrogen-bond acceptors (Lipinski definition) is 9. The monoisotopic (exact) mass is 534 g/mol. The van der Waals surface area contributed by atoms with Gasteiger partial charge in [-0.3, -0.25) is 14.6 Å². The van der Waals surface area contributed by atoms with Crippen molar-refractivity contribution < 1.29 is 17.9 Å². The summed E-state index contributed by atoms with van der Waals surface area (Å²) in [5, 5.41) is 12.0. The lowest BCUT2D eigenvalue weighted by atomic mass is 10.2. The van der Waals surface area contributed by atoms with Crippen molar-refractivity contribution in [2.45, 2.75) is 4.90 Å². The number of benzene rings is 2. The van der Waals surface area contributed by atoms with Crippen molar-refractivity contribution in [1.82, 2.24) is 19.6 Å². The molecule has 186 valence electrons. The number of nitrogens with two attached hydrogens (primary N) is 1. The van der Waals surface area contributed by atoms with Gasteiger partial charge in [-0.05, 0) is 60.2 Å². The zero-order valence-corrected chi connectivity index (χ0v) is 20.6. The van der Waals surface area contributed by atoms with Gasteiger partial charge in [0, 0.05) is 23.6 Å². The van der Waals surface area contributed by atoms with Gasteiger partial charge in [-0.1, -0.05) is 23.5 Å². The fourth-order valence-electron chi connectivity index (χ4n) is 3.38. The number of amides is 1. The standard InChI is InChI=1S/C24H18N6O5S2/c25-37(33,34)19-6-4-17(5-7-19)27-21(31)14-35-18-3-1-2-15(12-18)13-20-23(32)30-24(36-20)28-22(29-30)16-8-10-26-11-9-16/h1-13H,14H2,(H,27,31)(H2,25,33,34)/b20-13-. The normalized spacial score (nSPS) is 12.1. The Morgan fingerprint density at radius 3 is 2.57 bits per heavy atom. The Labute approximate surface area is 213 Å². The lowest BCUT2D eigenvalue weighted by Crippen LogP contribution is -2.23. The van der Waals surface area contributed by atoms with Gasteiger partial charge in [0.25, 0.3) is 11.5 Å². The van der Waals surface area contributed by atoms with Crippen LogP contribution in [-0.2, 0) is 14.8 Å². The number of hydrogen-bond donors (Lipinski definition) is 2. The first kappa shape index (κ1) is 24.2. The van der Waals surface area contributed by atoms with E-state index in [0.29, 0.717) is 32.3 Å². The quantitative estimate of drug-likeness (QED) is 0.317. The molecule has 0 atom stereocenters. The number of nitrogens with zero attached hydrogens (tertiary/aromatic N) is 4. The predicted molar refractivity (Wildman–Crippen MR) is 138 cm³/mol. The third-order valence-electron chi connectivity index (χ3n) is 5.11. The molecule has 0 fully saturated rings. The number of pyridine rings is 1. The summed E-state index contributed by atoms with van der Waals surface area (Å²) in [6, 6.07) is 15.9. The number of thiazole rings is 1. The van der Waals surface area contributed by atoms with Gasteiger partial charge < -0.3 is 10.1 Å². The summed E-state index contributed by atoms with van der Waals surface area (Å²) in [6.45, 7) is -0.276. The molecule has 37 heavy (non-hydrogen) atoms. The minimum Gasteiger partial charge on any atom is -0.484 e. The van der Waals surface area contributed by atoms with E-state index in [2.05, 4.69) is 20.4 Å². The van der Waals surface area contributed by atoms with Gasteiger partial charge >= 0.3 is 0 Å². The van der Waals surface area contributed by atoms with Crippen molar-refractivity contribution in [3.8, 4) is 17.1 Å². The second-order valence-electron chi connectivity index (χ2n) is 7.76. The summed E-state index contributed by atoms with van der Waals surface area (Å²) in [5.41, 5.74) is 1.58. The van der Waals surface area contributed by atoms with E-state index in [1.807, 2.05) is 0 Å². The second-order valence-corrected chi connectivity index (χ2v) is 10.3. The summed E-state index contributed by atoms with van der Waals surface area (Å²) in [5.74, 6) is 0.446. The fourth-order valence-corrected chi connectivity index (χ4v) is 4.80. The number of primary sulfonamides is 1. The van der Waals surface area contributed by atoms with E-state index < -0.39 is 15.9 Å². The first-order valence-electron chi connectivity index (χ1n) is 10.7. The number of carbonyl (C=O) groups excluding carboxylic acids is 1. The molecule has 3 aromatic heterocycles. The van der Waals surface area contributed by atoms with Gasteiger partial charge in [0.2, 0.25) is 15.0 Å². The third kappa shape index (κ3) is 5.53. The average molecular weight is 535 g/mol. The largest absolute Gasteiger partial charge is 0.484 e. The van der Waals surface area contributed by atoms with Crippen molar-refractivity contribution in [2.24, 2.45) is 5.14 Å². The van der Waals surface area contributed by atoms with E-state index in [1.54, 1.807) is 54.9 Å². The molecule has 0 saturated heterocycles. The molecular weight excluding hydrogens is 516 g/mol. The number of anilines is 1. The van der Waals surface area contributed by atoms with Crippen LogP contribution in [0.4, 0.5) is 5.69 Å². The van der Waals surface area contributed by atoms with Crippen molar-refractivity contribution in [1.29, 1.82) is 0 Å². The van der Waals surface area contributed by atoms with Crippen molar-refractivity contribution in [3.05, 3.63) is 93.5 Å². The Morgan fingerprint density at radius 2 is 1.86 bits per heavy atom. The molecule has 0 aliphatic rings. The SMILES string of the molecule is NS(=O)(=O)c1ccc(NC(=O)COc2cccc(/C=c3\sc4nc(-c5ccncc5)nn4c3=O)c2)cc1. The molecule has 5 rings (SSSR count). The molecule has 13 heteroatoms. The van der Waals surface area contributed by atoms with Crippen LogP contribution in [0, 0.1) is 0 Å².